The average molecular weight is 266 g/mol. The van der Waals surface area contributed by atoms with Crippen LogP contribution >= 0.6 is 0 Å². The first kappa shape index (κ1) is 11.1. The van der Waals surface area contributed by atoms with Crippen molar-refractivity contribution in [1.29, 1.82) is 0 Å². The van der Waals surface area contributed by atoms with Crippen molar-refractivity contribution < 1.29 is 13.9 Å². The van der Waals surface area contributed by atoms with Crippen LogP contribution in [0.5, 0.6) is 11.7 Å². The van der Waals surface area contributed by atoms with Gasteiger partial charge in [-0.2, -0.15) is 0 Å². The summed E-state index contributed by atoms with van der Waals surface area (Å²) in [6.45, 7) is 0.0232. The zero-order chi connectivity index (χ0) is 13.5. The summed E-state index contributed by atoms with van der Waals surface area (Å²) in [6, 6.07) is 14.6. The Morgan fingerprint density at radius 3 is 2.60 bits per heavy atom. The van der Waals surface area contributed by atoms with Crippen LogP contribution in [0.2, 0.25) is 0 Å². The molecule has 0 saturated heterocycles. The molecule has 3 heterocycles. The van der Waals surface area contributed by atoms with Gasteiger partial charge in [-0.15, -0.1) is 0 Å². The van der Waals surface area contributed by atoms with E-state index >= 15 is 0 Å². The molecule has 3 aromatic rings. The molecule has 5 rings (SSSR count). The van der Waals surface area contributed by atoms with Crippen LogP contribution in [0, 0.1) is 0 Å². The molecule has 98 valence electrons. The number of hydrogen-bond donors (Lipinski definition) is 0. The maximum absolute atomic E-state index is 12.7. The smallest absolute Gasteiger partial charge is 0.299 e. The van der Waals surface area contributed by atoms with Crippen molar-refractivity contribution in [3.05, 3.63) is 58.8 Å². The fraction of sp³-hybridized carbons (Fsp3) is 0.0625. The molecule has 0 amide bonds. The fourth-order valence-corrected chi connectivity index (χ4v) is 2.41. The van der Waals surface area contributed by atoms with Gasteiger partial charge in [-0.25, -0.2) is 0 Å². The average Bonchev–Trinajstić information content (AvgIpc) is 2.47. The third-order valence-electron chi connectivity index (χ3n) is 3.32. The third kappa shape index (κ3) is 1.51. The van der Waals surface area contributed by atoms with Gasteiger partial charge < -0.3 is 13.9 Å². The first-order valence-corrected chi connectivity index (χ1v) is 6.25. The van der Waals surface area contributed by atoms with E-state index in [-0.39, 0.29) is 18.2 Å². The highest BCUT2D eigenvalue weighted by atomic mass is 16.7. The van der Waals surface area contributed by atoms with Crippen molar-refractivity contribution in [2.24, 2.45) is 0 Å². The minimum Gasteiger partial charge on any atom is -0.456 e. The molecule has 0 saturated carbocycles. The monoisotopic (exact) mass is 266 g/mol. The number of hydrogen-bond acceptors (Lipinski definition) is 4. The van der Waals surface area contributed by atoms with Gasteiger partial charge in [0.1, 0.15) is 22.3 Å². The highest BCUT2D eigenvalue weighted by Gasteiger charge is 2.22. The summed E-state index contributed by atoms with van der Waals surface area (Å²) in [7, 11) is 0. The lowest BCUT2D eigenvalue weighted by Crippen LogP contribution is -2.16. The molecule has 0 radical (unpaired) electrons. The van der Waals surface area contributed by atoms with Crippen molar-refractivity contribution in [3.8, 4) is 22.8 Å². The van der Waals surface area contributed by atoms with E-state index in [1.165, 1.54) is 0 Å². The summed E-state index contributed by atoms with van der Waals surface area (Å²) >= 11 is 0. The van der Waals surface area contributed by atoms with E-state index < -0.39 is 0 Å². The Bertz CT molecular complexity index is 849. The minimum absolute atomic E-state index is 0.0232. The van der Waals surface area contributed by atoms with Gasteiger partial charge in [-0.1, -0.05) is 36.4 Å². The van der Waals surface area contributed by atoms with Crippen LogP contribution in [0.1, 0.15) is 0 Å². The molecule has 20 heavy (non-hydrogen) atoms. The van der Waals surface area contributed by atoms with Crippen LogP contribution in [0.4, 0.5) is 0 Å². The Morgan fingerprint density at radius 2 is 1.75 bits per heavy atom. The Labute approximate surface area is 114 Å². The summed E-state index contributed by atoms with van der Waals surface area (Å²) in [6.07, 6.45) is 0. The van der Waals surface area contributed by atoms with Crippen molar-refractivity contribution in [2.45, 2.75) is 0 Å². The Kier molecular flexibility index (Phi) is 2.29. The zero-order valence-corrected chi connectivity index (χ0v) is 10.5. The standard InChI is InChI=1S/C16H10O4/c17-15-13(10-5-2-1-3-6-10)16-19-9-18-11-7-4-8-12(20-16)14(11)15/h1-8H,9H2. The maximum Gasteiger partial charge on any atom is 0.299 e. The second-order valence-electron chi connectivity index (χ2n) is 4.50. The lowest BCUT2D eigenvalue weighted by molar-refractivity contribution is 0.0930. The van der Waals surface area contributed by atoms with Gasteiger partial charge in [0.05, 0.1) is 0 Å². The van der Waals surface area contributed by atoms with Gasteiger partial charge in [0.2, 0.25) is 12.2 Å². The van der Waals surface area contributed by atoms with E-state index in [9.17, 15) is 4.79 Å². The third-order valence-corrected chi connectivity index (χ3v) is 3.32. The van der Waals surface area contributed by atoms with Crippen LogP contribution in [-0.2, 0) is 0 Å². The second-order valence-corrected chi connectivity index (χ2v) is 4.50. The van der Waals surface area contributed by atoms with Crippen LogP contribution in [0.15, 0.2) is 57.7 Å². The van der Waals surface area contributed by atoms with E-state index in [1.807, 2.05) is 30.3 Å². The minimum atomic E-state index is -0.136. The molecule has 0 spiro atoms. The van der Waals surface area contributed by atoms with E-state index in [0.29, 0.717) is 22.3 Å². The van der Waals surface area contributed by atoms with E-state index in [4.69, 9.17) is 13.9 Å². The van der Waals surface area contributed by atoms with Gasteiger partial charge in [0.25, 0.3) is 5.95 Å². The molecule has 4 bridgehead atoms. The molecule has 4 heteroatoms. The summed E-state index contributed by atoms with van der Waals surface area (Å²) < 4.78 is 16.6. The number of ether oxygens (including phenoxy) is 2. The van der Waals surface area contributed by atoms with Gasteiger partial charge in [0.15, 0.2) is 0 Å². The van der Waals surface area contributed by atoms with Crippen LogP contribution in [0.25, 0.3) is 22.1 Å². The SMILES string of the molecule is O=c1c(-c2ccccc2)c2oc3cccc(c13)OCO2. The van der Waals surface area contributed by atoms with Crippen molar-refractivity contribution >= 4 is 11.0 Å². The molecule has 1 aromatic heterocycles. The topological polar surface area (TPSA) is 48.7 Å². The van der Waals surface area contributed by atoms with Crippen LogP contribution in [-0.4, -0.2) is 6.79 Å². The Morgan fingerprint density at radius 1 is 0.900 bits per heavy atom. The molecule has 2 aromatic carbocycles. The molecular weight excluding hydrogens is 256 g/mol. The van der Waals surface area contributed by atoms with Gasteiger partial charge in [-0.3, -0.25) is 4.79 Å². The van der Waals surface area contributed by atoms with Crippen LogP contribution < -0.4 is 14.9 Å². The Hall–Kier alpha value is -2.75. The lowest BCUT2D eigenvalue weighted by Gasteiger charge is -2.17. The Balaban J connectivity index is 2.17. The van der Waals surface area contributed by atoms with Crippen LogP contribution in [0.3, 0.4) is 0 Å². The van der Waals surface area contributed by atoms with E-state index in [2.05, 4.69) is 0 Å². The van der Waals surface area contributed by atoms with Crippen molar-refractivity contribution in [3.63, 3.8) is 0 Å². The quantitative estimate of drug-likeness (QED) is 0.678. The van der Waals surface area contributed by atoms with Crippen molar-refractivity contribution in [1.82, 2.24) is 0 Å². The summed E-state index contributed by atoms with van der Waals surface area (Å²) in [5.74, 6) is 0.685. The predicted octanol–water partition coefficient (Wildman–Crippen LogP) is 3.19. The zero-order valence-electron chi connectivity index (χ0n) is 10.5. The highest BCUT2D eigenvalue weighted by molar-refractivity contribution is 5.88. The lowest BCUT2D eigenvalue weighted by atomic mass is 10.0. The normalized spacial score (nSPS) is 12.8. The summed E-state index contributed by atoms with van der Waals surface area (Å²) in [5, 5.41) is 0.457. The number of benzene rings is 2. The summed E-state index contributed by atoms with van der Waals surface area (Å²) in [4.78, 5) is 12.7. The molecule has 0 atom stereocenters. The second kappa shape index (κ2) is 4.13. The van der Waals surface area contributed by atoms with E-state index in [1.54, 1.807) is 18.2 Å². The van der Waals surface area contributed by atoms with Gasteiger partial charge in [-0.05, 0) is 17.7 Å². The van der Waals surface area contributed by atoms with Gasteiger partial charge in [0, 0.05) is 0 Å². The summed E-state index contributed by atoms with van der Waals surface area (Å²) in [5.41, 5.74) is 1.55. The van der Waals surface area contributed by atoms with Gasteiger partial charge >= 0.3 is 0 Å². The molecule has 0 unspecified atom stereocenters. The largest absolute Gasteiger partial charge is 0.456 e. The highest BCUT2D eigenvalue weighted by Crippen LogP contribution is 2.35. The maximum atomic E-state index is 12.7. The number of fused-ring (bicyclic) bond motifs is 3. The van der Waals surface area contributed by atoms with E-state index in [0.717, 1.165) is 5.56 Å². The molecule has 2 aliphatic heterocycles. The fourth-order valence-electron chi connectivity index (χ4n) is 2.41. The predicted molar refractivity (Wildman–Crippen MR) is 74.0 cm³/mol. The van der Waals surface area contributed by atoms with Crippen molar-refractivity contribution in [2.75, 3.05) is 6.79 Å². The number of rotatable bonds is 1. The molecule has 4 nitrogen and oxygen atoms in total. The molecule has 0 N–H and O–H groups in total. The molecule has 0 aliphatic carbocycles. The first-order valence-electron chi connectivity index (χ1n) is 6.25. The first-order chi connectivity index (χ1) is 9.84. The molecular formula is C16H10O4. The molecule has 2 aliphatic rings. The molecule has 0 fully saturated rings.